The normalized spacial score (nSPS) is 12.7. The number of fused-ring (bicyclic) bond motifs is 1. The highest BCUT2D eigenvalue weighted by molar-refractivity contribution is 5.91. The second-order valence-corrected chi connectivity index (χ2v) is 5.75. The third-order valence-corrected chi connectivity index (χ3v) is 3.88. The topological polar surface area (TPSA) is 41.3 Å². The second kappa shape index (κ2) is 6.20. The van der Waals surface area contributed by atoms with Crippen molar-refractivity contribution in [2.24, 2.45) is 0 Å². The van der Waals surface area contributed by atoms with Crippen LogP contribution in [-0.2, 0) is 0 Å². The summed E-state index contributed by atoms with van der Waals surface area (Å²) < 4.78 is 5.56. The van der Waals surface area contributed by atoms with Crippen LogP contribution in [0.3, 0.4) is 0 Å². The van der Waals surface area contributed by atoms with Gasteiger partial charge < -0.3 is 9.73 Å². The van der Waals surface area contributed by atoms with E-state index < -0.39 is 0 Å². The van der Waals surface area contributed by atoms with Crippen molar-refractivity contribution in [2.75, 3.05) is 26.0 Å². The Bertz CT molecular complexity index is 750. The number of hydrogen-bond donors (Lipinski definition) is 1. The molecule has 0 saturated heterocycles. The molecule has 4 heteroatoms. The van der Waals surface area contributed by atoms with Crippen LogP contribution >= 0.6 is 0 Å². The smallest absolute Gasteiger partial charge is 0.122 e. The highest BCUT2D eigenvalue weighted by Gasteiger charge is 2.17. The number of aromatic nitrogens is 1. The number of furan rings is 1. The number of anilines is 1. The van der Waals surface area contributed by atoms with Crippen LogP contribution in [0.15, 0.2) is 53.3 Å². The van der Waals surface area contributed by atoms with Gasteiger partial charge in [0.2, 0.25) is 0 Å². The second-order valence-electron chi connectivity index (χ2n) is 5.75. The van der Waals surface area contributed by atoms with E-state index in [1.165, 1.54) is 5.56 Å². The Labute approximate surface area is 130 Å². The number of likely N-dealkylation sites (N-methyl/N-ethyl adjacent to an activating group) is 1. The maximum atomic E-state index is 5.56. The summed E-state index contributed by atoms with van der Waals surface area (Å²) in [6.07, 6.45) is 3.56. The fourth-order valence-electron chi connectivity index (χ4n) is 2.64. The SMILES string of the molecule is Cc1ccc2nccc(NCC(c3ccco3)N(C)C)c2c1. The minimum atomic E-state index is 0.183. The average molecular weight is 295 g/mol. The predicted octanol–water partition coefficient (Wildman–Crippen LogP) is 3.85. The maximum Gasteiger partial charge on any atom is 0.122 e. The molecule has 114 valence electrons. The van der Waals surface area contributed by atoms with Gasteiger partial charge in [0.25, 0.3) is 0 Å². The fraction of sp³-hybridized carbons (Fsp3) is 0.278. The van der Waals surface area contributed by atoms with Crippen molar-refractivity contribution in [3.8, 4) is 0 Å². The van der Waals surface area contributed by atoms with Gasteiger partial charge in [-0.25, -0.2) is 0 Å². The van der Waals surface area contributed by atoms with Crippen molar-refractivity contribution in [1.29, 1.82) is 0 Å². The van der Waals surface area contributed by atoms with Crippen LogP contribution in [0.2, 0.25) is 0 Å². The molecule has 1 aromatic carbocycles. The van der Waals surface area contributed by atoms with E-state index in [-0.39, 0.29) is 6.04 Å². The Hall–Kier alpha value is -2.33. The van der Waals surface area contributed by atoms with Crippen LogP contribution in [0.4, 0.5) is 5.69 Å². The Kier molecular flexibility index (Phi) is 4.11. The van der Waals surface area contributed by atoms with E-state index >= 15 is 0 Å². The summed E-state index contributed by atoms with van der Waals surface area (Å²) in [6.45, 7) is 2.87. The summed E-state index contributed by atoms with van der Waals surface area (Å²) in [6, 6.07) is 12.5. The highest BCUT2D eigenvalue weighted by Crippen LogP contribution is 2.25. The van der Waals surface area contributed by atoms with Gasteiger partial charge in [0.1, 0.15) is 5.76 Å². The number of rotatable bonds is 5. The Morgan fingerprint density at radius 3 is 2.82 bits per heavy atom. The van der Waals surface area contributed by atoms with Gasteiger partial charge in [-0.3, -0.25) is 9.88 Å². The van der Waals surface area contributed by atoms with Crippen LogP contribution in [0.5, 0.6) is 0 Å². The van der Waals surface area contributed by atoms with Gasteiger partial charge in [-0.15, -0.1) is 0 Å². The Morgan fingerprint density at radius 2 is 2.09 bits per heavy atom. The first-order valence-electron chi connectivity index (χ1n) is 7.44. The molecule has 0 bridgehead atoms. The lowest BCUT2D eigenvalue weighted by molar-refractivity contribution is 0.269. The van der Waals surface area contributed by atoms with Gasteiger partial charge in [-0.2, -0.15) is 0 Å². The molecule has 0 saturated carbocycles. The molecule has 0 radical (unpaired) electrons. The lowest BCUT2D eigenvalue weighted by Gasteiger charge is -2.23. The molecule has 0 amide bonds. The van der Waals surface area contributed by atoms with Crippen LogP contribution in [0.25, 0.3) is 10.9 Å². The first-order valence-corrected chi connectivity index (χ1v) is 7.44. The van der Waals surface area contributed by atoms with Crippen molar-refractivity contribution in [1.82, 2.24) is 9.88 Å². The zero-order valence-corrected chi connectivity index (χ0v) is 13.2. The van der Waals surface area contributed by atoms with Crippen LogP contribution in [0, 0.1) is 6.92 Å². The molecule has 0 fully saturated rings. The van der Waals surface area contributed by atoms with Crippen LogP contribution in [0.1, 0.15) is 17.4 Å². The first-order chi connectivity index (χ1) is 10.6. The molecular formula is C18H21N3O. The molecule has 2 aromatic heterocycles. The highest BCUT2D eigenvalue weighted by atomic mass is 16.3. The summed E-state index contributed by atoms with van der Waals surface area (Å²) in [5, 5.41) is 4.70. The quantitative estimate of drug-likeness (QED) is 0.776. The lowest BCUT2D eigenvalue weighted by Crippen LogP contribution is -2.26. The molecule has 0 spiro atoms. The van der Waals surface area contributed by atoms with E-state index in [4.69, 9.17) is 4.42 Å². The molecule has 0 aliphatic rings. The van der Waals surface area contributed by atoms with Gasteiger partial charge in [0.05, 0.1) is 17.8 Å². The monoisotopic (exact) mass is 295 g/mol. The van der Waals surface area contributed by atoms with E-state index in [1.54, 1.807) is 6.26 Å². The molecule has 3 aromatic rings. The van der Waals surface area contributed by atoms with E-state index in [0.29, 0.717) is 0 Å². The summed E-state index contributed by atoms with van der Waals surface area (Å²) in [4.78, 5) is 6.58. The minimum Gasteiger partial charge on any atom is -0.468 e. The number of nitrogens with zero attached hydrogens (tertiary/aromatic N) is 2. The predicted molar refractivity (Wildman–Crippen MR) is 90.1 cm³/mol. The minimum absolute atomic E-state index is 0.183. The zero-order valence-electron chi connectivity index (χ0n) is 13.2. The number of benzene rings is 1. The van der Waals surface area contributed by atoms with Crippen molar-refractivity contribution in [3.05, 3.63) is 60.2 Å². The molecule has 3 rings (SSSR count). The van der Waals surface area contributed by atoms with E-state index in [0.717, 1.165) is 28.9 Å². The number of nitrogens with one attached hydrogen (secondary N) is 1. The number of aryl methyl sites for hydroxylation is 1. The molecule has 1 N–H and O–H groups in total. The molecular weight excluding hydrogens is 274 g/mol. The number of pyridine rings is 1. The Morgan fingerprint density at radius 1 is 1.23 bits per heavy atom. The molecule has 1 unspecified atom stereocenters. The third kappa shape index (κ3) is 2.97. The number of hydrogen-bond acceptors (Lipinski definition) is 4. The van der Waals surface area contributed by atoms with E-state index in [2.05, 4.69) is 54.4 Å². The van der Waals surface area contributed by atoms with Crippen molar-refractivity contribution in [2.45, 2.75) is 13.0 Å². The van der Waals surface area contributed by atoms with Crippen molar-refractivity contribution < 1.29 is 4.42 Å². The van der Waals surface area contributed by atoms with Crippen molar-refractivity contribution >= 4 is 16.6 Å². The average Bonchev–Trinajstić information content (AvgIpc) is 3.01. The van der Waals surface area contributed by atoms with Gasteiger partial charge in [0.15, 0.2) is 0 Å². The fourth-order valence-corrected chi connectivity index (χ4v) is 2.64. The molecule has 2 heterocycles. The summed E-state index contributed by atoms with van der Waals surface area (Å²) in [7, 11) is 4.12. The standard InChI is InChI=1S/C18H21N3O/c1-13-6-7-15-14(11-13)16(8-9-19-15)20-12-17(21(2)3)18-5-4-10-22-18/h4-11,17H,12H2,1-3H3,(H,19,20). The van der Waals surface area contributed by atoms with Gasteiger partial charge in [-0.1, -0.05) is 11.6 Å². The molecule has 1 atom stereocenters. The summed E-state index contributed by atoms with van der Waals surface area (Å²) in [5.41, 5.74) is 3.35. The Balaban J connectivity index is 1.85. The maximum absolute atomic E-state index is 5.56. The van der Waals surface area contributed by atoms with E-state index in [9.17, 15) is 0 Å². The molecule has 0 aliphatic carbocycles. The first kappa shape index (κ1) is 14.6. The van der Waals surface area contributed by atoms with Crippen LogP contribution < -0.4 is 5.32 Å². The zero-order chi connectivity index (χ0) is 15.5. The molecule has 22 heavy (non-hydrogen) atoms. The third-order valence-electron chi connectivity index (χ3n) is 3.88. The van der Waals surface area contributed by atoms with Gasteiger partial charge in [0, 0.05) is 23.8 Å². The van der Waals surface area contributed by atoms with Crippen LogP contribution in [-0.4, -0.2) is 30.5 Å². The van der Waals surface area contributed by atoms with E-state index in [1.807, 2.05) is 24.4 Å². The molecule has 4 nitrogen and oxygen atoms in total. The lowest BCUT2D eigenvalue weighted by atomic mass is 10.1. The van der Waals surface area contributed by atoms with Gasteiger partial charge >= 0.3 is 0 Å². The van der Waals surface area contributed by atoms with Crippen molar-refractivity contribution in [3.63, 3.8) is 0 Å². The molecule has 0 aliphatic heterocycles. The largest absolute Gasteiger partial charge is 0.468 e. The summed E-state index contributed by atoms with van der Waals surface area (Å²) in [5.74, 6) is 0.965. The van der Waals surface area contributed by atoms with Gasteiger partial charge in [-0.05, 0) is 51.4 Å². The summed E-state index contributed by atoms with van der Waals surface area (Å²) >= 11 is 0.